The van der Waals surface area contributed by atoms with Crippen molar-refractivity contribution in [1.29, 1.82) is 0 Å². The molecule has 0 aliphatic rings. The predicted octanol–water partition coefficient (Wildman–Crippen LogP) is 0.999. The number of sulfone groups is 1. The van der Waals surface area contributed by atoms with Crippen molar-refractivity contribution in [2.24, 2.45) is 16.5 Å². The van der Waals surface area contributed by atoms with Crippen LogP contribution in [-0.2, 0) is 9.84 Å². The van der Waals surface area contributed by atoms with Gasteiger partial charge in [0.1, 0.15) is 16.4 Å². The molecule has 0 bridgehead atoms. The second-order valence-corrected chi connectivity index (χ2v) is 7.00. The molecule has 0 spiro atoms. The predicted molar refractivity (Wildman–Crippen MR) is 88.7 cm³/mol. The van der Waals surface area contributed by atoms with Crippen LogP contribution >= 0.6 is 0 Å². The Morgan fingerprint density at radius 1 is 1.21 bits per heavy atom. The van der Waals surface area contributed by atoms with Gasteiger partial charge in [0, 0.05) is 17.5 Å². The quantitative estimate of drug-likeness (QED) is 0.621. The van der Waals surface area contributed by atoms with E-state index in [1.54, 1.807) is 12.1 Å². The fourth-order valence-electron chi connectivity index (χ4n) is 1.84. The van der Waals surface area contributed by atoms with E-state index in [9.17, 15) is 13.2 Å². The van der Waals surface area contributed by atoms with E-state index in [2.05, 4.69) is 9.98 Å². The lowest BCUT2D eigenvalue weighted by molar-refractivity contribution is 0.100. The van der Waals surface area contributed by atoms with Gasteiger partial charge in [-0.25, -0.2) is 8.42 Å². The standard InChI is InChI=1S/C15H16N4O4S/c1-9-3-5-11(8-18-9)23-12-6-4-10(14(20)19-15(16)17)7-13(12)24(2,21)22/h3-8H,1-2H3,(H4,16,17,19,20). The summed E-state index contributed by atoms with van der Waals surface area (Å²) in [7, 11) is -3.65. The molecule has 4 N–H and O–H groups in total. The number of carbonyl (C=O) groups is 1. The van der Waals surface area contributed by atoms with Gasteiger partial charge in [-0.3, -0.25) is 9.78 Å². The van der Waals surface area contributed by atoms with Crippen molar-refractivity contribution in [3.63, 3.8) is 0 Å². The van der Waals surface area contributed by atoms with Crippen LogP contribution in [-0.4, -0.2) is 31.5 Å². The molecule has 0 aliphatic carbocycles. The highest BCUT2D eigenvalue weighted by molar-refractivity contribution is 7.90. The Morgan fingerprint density at radius 3 is 2.46 bits per heavy atom. The minimum atomic E-state index is -3.65. The summed E-state index contributed by atoms with van der Waals surface area (Å²) in [5.41, 5.74) is 11.1. The summed E-state index contributed by atoms with van der Waals surface area (Å²) in [6, 6.07) is 7.30. The van der Waals surface area contributed by atoms with Gasteiger partial charge in [-0.05, 0) is 37.3 Å². The van der Waals surface area contributed by atoms with Crippen LogP contribution < -0.4 is 16.2 Å². The van der Waals surface area contributed by atoms with E-state index in [1.807, 2.05) is 6.92 Å². The lowest BCUT2D eigenvalue weighted by Gasteiger charge is -2.11. The molecule has 0 saturated carbocycles. The second-order valence-electron chi connectivity index (χ2n) is 5.01. The molecule has 0 saturated heterocycles. The summed E-state index contributed by atoms with van der Waals surface area (Å²) < 4.78 is 29.6. The summed E-state index contributed by atoms with van der Waals surface area (Å²) in [5, 5.41) is 0. The van der Waals surface area contributed by atoms with Gasteiger partial charge in [-0.1, -0.05) is 0 Å². The van der Waals surface area contributed by atoms with Crippen molar-refractivity contribution in [1.82, 2.24) is 4.98 Å². The maximum atomic E-state index is 12.0. The summed E-state index contributed by atoms with van der Waals surface area (Å²) in [6.45, 7) is 1.82. The molecule has 1 amide bonds. The number of aliphatic imine (C=N–C) groups is 1. The molecule has 9 heteroatoms. The van der Waals surface area contributed by atoms with E-state index in [0.29, 0.717) is 5.75 Å². The molecule has 0 radical (unpaired) electrons. The molecule has 24 heavy (non-hydrogen) atoms. The van der Waals surface area contributed by atoms with Gasteiger partial charge in [-0.2, -0.15) is 4.99 Å². The Morgan fingerprint density at radius 2 is 1.92 bits per heavy atom. The van der Waals surface area contributed by atoms with Gasteiger partial charge in [0.15, 0.2) is 15.8 Å². The zero-order chi connectivity index (χ0) is 17.9. The van der Waals surface area contributed by atoms with E-state index < -0.39 is 21.7 Å². The minimum absolute atomic E-state index is 0.0261. The Bertz CT molecular complexity index is 902. The molecule has 8 nitrogen and oxygen atoms in total. The monoisotopic (exact) mass is 348 g/mol. The van der Waals surface area contributed by atoms with Crippen molar-refractivity contribution in [3.8, 4) is 11.5 Å². The molecule has 2 rings (SSSR count). The van der Waals surface area contributed by atoms with Crippen LogP contribution in [0, 0.1) is 6.92 Å². The molecular formula is C15H16N4O4S. The third kappa shape index (κ3) is 4.29. The normalized spacial score (nSPS) is 10.9. The van der Waals surface area contributed by atoms with E-state index in [1.165, 1.54) is 24.4 Å². The molecule has 0 unspecified atom stereocenters. The molecule has 1 aromatic heterocycles. The largest absolute Gasteiger partial charge is 0.454 e. The lowest BCUT2D eigenvalue weighted by Crippen LogP contribution is -2.24. The maximum Gasteiger partial charge on any atom is 0.280 e. The highest BCUT2D eigenvalue weighted by Crippen LogP contribution is 2.29. The third-order valence-corrected chi connectivity index (χ3v) is 4.05. The number of amides is 1. The van der Waals surface area contributed by atoms with Crippen molar-refractivity contribution in [2.45, 2.75) is 11.8 Å². The van der Waals surface area contributed by atoms with E-state index >= 15 is 0 Å². The van der Waals surface area contributed by atoms with Crippen molar-refractivity contribution in [2.75, 3.05) is 6.26 Å². The molecule has 126 valence electrons. The number of pyridine rings is 1. The van der Waals surface area contributed by atoms with Gasteiger partial charge < -0.3 is 16.2 Å². The summed E-state index contributed by atoms with van der Waals surface area (Å²) in [4.78, 5) is 19.1. The first-order chi connectivity index (χ1) is 11.2. The van der Waals surface area contributed by atoms with Crippen molar-refractivity contribution in [3.05, 3.63) is 47.8 Å². The molecule has 2 aromatic rings. The highest BCUT2D eigenvalue weighted by atomic mass is 32.2. The highest BCUT2D eigenvalue weighted by Gasteiger charge is 2.18. The first kappa shape index (κ1) is 17.4. The van der Waals surface area contributed by atoms with E-state index in [-0.39, 0.29) is 16.2 Å². The fourth-order valence-corrected chi connectivity index (χ4v) is 2.65. The van der Waals surface area contributed by atoms with Gasteiger partial charge >= 0.3 is 0 Å². The molecular weight excluding hydrogens is 332 g/mol. The zero-order valence-electron chi connectivity index (χ0n) is 13.1. The zero-order valence-corrected chi connectivity index (χ0v) is 13.9. The van der Waals surface area contributed by atoms with Gasteiger partial charge in [0.25, 0.3) is 5.91 Å². The lowest BCUT2D eigenvalue weighted by atomic mass is 10.2. The molecule has 0 atom stereocenters. The first-order valence-electron chi connectivity index (χ1n) is 6.75. The number of benzene rings is 1. The van der Waals surface area contributed by atoms with Gasteiger partial charge in [0.05, 0.1) is 6.20 Å². The summed E-state index contributed by atoms with van der Waals surface area (Å²) >= 11 is 0. The third-order valence-electron chi connectivity index (χ3n) is 2.93. The van der Waals surface area contributed by atoms with Gasteiger partial charge in [-0.15, -0.1) is 0 Å². The van der Waals surface area contributed by atoms with Crippen LogP contribution in [0.2, 0.25) is 0 Å². The Kier molecular flexibility index (Phi) is 4.84. The summed E-state index contributed by atoms with van der Waals surface area (Å²) in [5.74, 6) is -0.714. The second kappa shape index (κ2) is 6.67. The fraction of sp³-hybridized carbons (Fsp3) is 0.133. The minimum Gasteiger partial charge on any atom is -0.454 e. The molecule has 1 heterocycles. The maximum absolute atomic E-state index is 12.0. The number of aryl methyl sites for hydroxylation is 1. The topological polar surface area (TPSA) is 138 Å². The molecule has 0 aliphatic heterocycles. The number of aromatic nitrogens is 1. The molecule has 1 aromatic carbocycles. The van der Waals surface area contributed by atoms with E-state index in [0.717, 1.165) is 11.9 Å². The number of rotatable bonds is 4. The Hall–Kier alpha value is -2.94. The number of nitrogens with zero attached hydrogens (tertiary/aromatic N) is 2. The van der Waals surface area contributed by atoms with Crippen LogP contribution in [0.4, 0.5) is 0 Å². The van der Waals surface area contributed by atoms with Crippen LogP contribution in [0.5, 0.6) is 11.5 Å². The van der Waals surface area contributed by atoms with Crippen molar-refractivity contribution >= 4 is 21.7 Å². The number of nitrogens with two attached hydrogens (primary N) is 2. The van der Waals surface area contributed by atoms with E-state index in [4.69, 9.17) is 16.2 Å². The van der Waals surface area contributed by atoms with Crippen LogP contribution in [0.3, 0.4) is 0 Å². The Labute approximate surface area is 139 Å². The summed E-state index contributed by atoms with van der Waals surface area (Å²) in [6.07, 6.45) is 2.48. The number of hydrogen-bond donors (Lipinski definition) is 2. The van der Waals surface area contributed by atoms with Crippen LogP contribution in [0.15, 0.2) is 46.4 Å². The van der Waals surface area contributed by atoms with Crippen molar-refractivity contribution < 1.29 is 17.9 Å². The average Bonchev–Trinajstić information content (AvgIpc) is 2.48. The molecule has 0 fully saturated rings. The van der Waals surface area contributed by atoms with Crippen LogP contribution in [0.25, 0.3) is 0 Å². The Balaban J connectivity index is 2.47. The van der Waals surface area contributed by atoms with Crippen LogP contribution in [0.1, 0.15) is 16.1 Å². The SMILES string of the molecule is Cc1ccc(Oc2ccc(C(=O)N=C(N)N)cc2S(C)(=O)=O)cn1. The number of ether oxygens (including phenoxy) is 1. The average molecular weight is 348 g/mol. The number of guanidine groups is 1. The first-order valence-corrected chi connectivity index (χ1v) is 8.64. The number of hydrogen-bond acceptors (Lipinski definition) is 5. The smallest absolute Gasteiger partial charge is 0.280 e. The van der Waals surface area contributed by atoms with Gasteiger partial charge in [0.2, 0.25) is 0 Å². The number of carbonyl (C=O) groups excluding carboxylic acids is 1.